The lowest BCUT2D eigenvalue weighted by Crippen LogP contribution is -2.15. The van der Waals surface area contributed by atoms with Crippen molar-refractivity contribution in [1.82, 2.24) is 9.38 Å². The van der Waals surface area contributed by atoms with Gasteiger partial charge in [-0.3, -0.25) is 14.0 Å². The largest absolute Gasteiger partial charge is 0.423 e. The van der Waals surface area contributed by atoms with Crippen molar-refractivity contribution < 1.29 is 9.53 Å². The van der Waals surface area contributed by atoms with Gasteiger partial charge in [0.2, 0.25) is 0 Å². The number of pyridine rings is 1. The summed E-state index contributed by atoms with van der Waals surface area (Å²) in [5.74, 6) is -0.153. The first kappa shape index (κ1) is 10.4. The molecule has 0 aromatic carbocycles. The van der Waals surface area contributed by atoms with Crippen LogP contribution in [-0.2, 0) is 4.79 Å². The zero-order valence-corrected chi connectivity index (χ0v) is 8.93. The molecule has 0 atom stereocenters. The maximum Gasteiger partial charge on any atom is 0.308 e. The van der Waals surface area contributed by atoms with E-state index in [1.807, 2.05) is 0 Å². The summed E-state index contributed by atoms with van der Waals surface area (Å²) in [7, 11) is 0. The van der Waals surface area contributed by atoms with Gasteiger partial charge >= 0.3 is 5.97 Å². The van der Waals surface area contributed by atoms with Crippen molar-refractivity contribution in [2.24, 2.45) is 0 Å². The molecule has 0 N–H and O–H groups in total. The second-order valence-corrected chi connectivity index (χ2v) is 3.40. The van der Waals surface area contributed by atoms with Crippen LogP contribution >= 0.6 is 0 Å². The molecule has 5 heteroatoms. The van der Waals surface area contributed by atoms with Crippen molar-refractivity contribution in [2.45, 2.75) is 13.8 Å². The van der Waals surface area contributed by atoms with Crippen LogP contribution in [0.4, 0.5) is 0 Å². The predicted molar refractivity (Wildman–Crippen MR) is 57.5 cm³/mol. The third kappa shape index (κ3) is 1.79. The molecule has 2 aromatic heterocycles. The fourth-order valence-electron chi connectivity index (χ4n) is 1.45. The van der Waals surface area contributed by atoms with E-state index in [2.05, 4.69) is 4.98 Å². The lowest BCUT2D eigenvalue weighted by molar-refractivity contribution is -0.131. The molecule has 2 rings (SSSR count). The van der Waals surface area contributed by atoms with E-state index >= 15 is 0 Å². The van der Waals surface area contributed by atoms with Crippen LogP contribution in [-0.4, -0.2) is 15.4 Å². The Kier molecular flexibility index (Phi) is 2.44. The van der Waals surface area contributed by atoms with Gasteiger partial charge in [-0.1, -0.05) is 0 Å². The summed E-state index contributed by atoms with van der Waals surface area (Å²) in [6, 6.07) is 4.65. The molecule has 0 fully saturated rings. The van der Waals surface area contributed by atoms with Crippen molar-refractivity contribution in [3.63, 3.8) is 0 Å². The smallest absolute Gasteiger partial charge is 0.308 e. The molecule has 0 bridgehead atoms. The van der Waals surface area contributed by atoms with Gasteiger partial charge < -0.3 is 4.74 Å². The molecule has 2 heterocycles. The van der Waals surface area contributed by atoms with E-state index in [1.165, 1.54) is 17.4 Å². The highest BCUT2D eigenvalue weighted by atomic mass is 16.5. The average molecular weight is 218 g/mol. The molecular weight excluding hydrogens is 208 g/mol. The zero-order valence-electron chi connectivity index (χ0n) is 8.93. The predicted octanol–water partition coefficient (Wildman–Crippen LogP) is 0.928. The van der Waals surface area contributed by atoms with Crippen LogP contribution in [0.5, 0.6) is 5.75 Å². The summed E-state index contributed by atoms with van der Waals surface area (Å²) in [5, 5.41) is 0. The number of hydrogen-bond acceptors (Lipinski definition) is 4. The molecule has 0 aliphatic carbocycles. The number of carbonyl (C=O) groups is 1. The maximum absolute atomic E-state index is 11.6. The Balaban J connectivity index is 2.76. The topological polar surface area (TPSA) is 60.7 Å². The minimum absolute atomic E-state index is 0.198. The average Bonchev–Trinajstić information content (AvgIpc) is 2.18. The molecular formula is C11H10N2O3. The van der Waals surface area contributed by atoms with Crippen molar-refractivity contribution in [2.75, 3.05) is 0 Å². The van der Waals surface area contributed by atoms with E-state index in [-0.39, 0.29) is 11.3 Å². The van der Waals surface area contributed by atoms with Crippen LogP contribution in [0.1, 0.15) is 12.6 Å². The van der Waals surface area contributed by atoms with Crippen molar-refractivity contribution in [1.29, 1.82) is 0 Å². The highest BCUT2D eigenvalue weighted by molar-refractivity contribution is 5.72. The van der Waals surface area contributed by atoms with Gasteiger partial charge in [0, 0.05) is 24.9 Å². The first-order chi connectivity index (χ1) is 7.58. The van der Waals surface area contributed by atoms with E-state index in [1.54, 1.807) is 25.3 Å². The highest BCUT2D eigenvalue weighted by Gasteiger charge is 2.07. The molecule has 0 aliphatic rings. The van der Waals surface area contributed by atoms with Gasteiger partial charge in [-0.2, -0.15) is 0 Å². The number of nitrogens with zero attached hydrogens (tertiary/aromatic N) is 2. The van der Waals surface area contributed by atoms with Gasteiger partial charge in [0.15, 0.2) is 11.4 Å². The molecule has 0 unspecified atom stereocenters. The lowest BCUT2D eigenvalue weighted by Gasteiger charge is -2.06. The Labute approximate surface area is 91.3 Å². The van der Waals surface area contributed by atoms with E-state index < -0.39 is 5.97 Å². The first-order valence-corrected chi connectivity index (χ1v) is 4.75. The quantitative estimate of drug-likeness (QED) is 0.668. The summed E-state index contributed by atoms with van der Waals surface area (Å²) in [4.78, 5) is 26.7. The second-order valence-electron chi connectivity index (χ2n) is 3.40. The third-order valence-electron chi connectivity index (χ3n) is 2.04. The van der Waals surface area contributed by atoms with Crippen molar-refractivity contribution >= 4 is 11.6 Å². The summed E-state index contributed by atoms with van der Waals surface area (Å²) in [6.07, 6.45) is 1.58. The number of fused-ring (bicyclic) bond motifs is 1. The van der Waals surface area contributed by atoms with Crippen LogP contribution in [0, 0.1) is 6.92 Å². The number of hydrogen-bond donors (Lipinski definition) is 0. The van der Waals surface area contributed by atoms with Gasteiger partial charge in [-0.25, -0.2) is 4.98 Å². The Morgan fingerprint density at radius 1 is 1.50 bits per heavy atom. The van der Waals surface area contributed by atoms with Crippen LogP contribution in [0.15, 0.2) is 29.2 Å². The Morgan fingerprint density at radius 3 is 2.94 bits per heavy atom. The Bertz CT molecular complexity index is 616. The Morgan fingerprint density at radius 2 is 2.25 bits per heavy atom. The summed E-state index contributed by atoms with van der Waals surface area (Å²) < 4.78 is 6.31. The van der Waals surface area contributed by atoms with E-state index in [4.69, 9.17) is 4.74 Å². The molecule has 0 spiro atoms. The molecule has 5 nitrogen and oxygen atoms in total. The number of carbonyl (C=O) groups excluding carboxylic acids is 1. The van der Waals surface area contributed by atoms with Gasteiger partial charge in [0.25, 0.3) is 5.56 Å². The summed E-state index contributed by atoms with van der Waals surface area (Å²) >= 11 is 0. The van der Waals surface area contributed by atoms with Crippen molar-refractivity contribution in [3.05, 3.63) is 40.4 Å². The van der Waals surface area contributed by atoms with Crippen molar-refractivity contribution in [3.8, 4) is 5.75 Å². The molecule has 0 saturated heterocycles. The van der Waals surface area contributed by atoms with E-state index in [9.17, 15) is 9.59 Å². The number of ether oxygens (including phenoxy) is 1. The standard InChI is InChI=1S/C11H10N2O3/c1-7-6-10(15)13-5-3-4-9(11(13)12-7)16-8(2)14/h3-6H,1-2H3. The monoisotopic (exact) mass is 218 g/mol. The maximum atomic E-state index is 11.6. The molecule has 0 amide bonds. The minimum atomic E-state index is -0.441. The number of rotatable bonds is 1. The van der Waals surface area contributed by atoms with Gasteiger partial charge in [-0.15, -0.1) is 0 Å². The molecule has 2 aromatic rings. The number of esters is 1. The second kappa shape index (κ2) is 3.77. The molecule has 82 valence electrons. The Hall–Kier alpha value is -2.17. The minimum Gasteiger partial charge on any atom is -0.423 e. The number of aryl methyl sites for hydroxylation is 1. The van der Waals surface area contributed by atoms with E-state index in [0.717, 1.165) is 0 Å². The van der Waals surface area contributed by atoms with Crippen LogP contribution < -0.4 is 10.3 Å². The summed E-state index contributed by atoms with van der Waals surface area (Å²) in [6.45, 7) is 3.02. The third-order valence-corrected chi connectivity index (χ3v) is 2.04. The lowest BCUT2D eigenvalue weighted by atomic mass is 10.4. The number of aromatic nitrogens is 2. The summed E-state index contributed by atoms with van der Waals surface area (Å²) in [5.41, 5.74) is 0.740. The molecule has 16 heavy (non-hydrogen) atoms. The molecule has 0 saturated carbocycles. The van der Waals surface area contributed by atoms with Crippen LogP contribution in [0.25, 0.3) is 5.65 Å². The fraction of sp³-hybridized carbons (Fsp3) is 0.182. The van der Waals surface area contributed by atoms with E-state index in [0.29, 0.717) is 11.3 Å². The normalized spacial score (nSPS) is 10.4. The van der Waals surface area contributed by atoms with Crippen LogP contribution in [0.2, 0.25) is 0 Å². The van der Waals surface area contributed by atoms with Gasteiger partial charge in [-0.05, 0) is 19.1 Å². The highest BCUT2D eigenvalue weighted by Crippen LogP contribution is 2.16. The zero-order chi connectivity index (χ0) is 11.7. The first-order valence-electron chi connectivity index (χ1n) is 4.75. The van der Waals surface area contributed by atoms with Gasteiger partial charge in [0.05, 0.1) is 0 Å². The molecule has 0 aliphatic heterocycles. The SMILES string of the molecule is CC(=O)Oc1cccn2c(=O)cc(C)nc12. The molecule has 0 radical (unpaired) electrons. The van der Waals surface area contributed by atoms with Gasteiger partial charge in [0.1, 0.15) is 0 Å². The fourth-order valence-corrected chi connectivity index (χ4v) is 1.45. The van der Waals surface area contributed by atoms with Crippen LogP contribution in [0.3, 0.4) is 0 Å².